The largest absolute Gasteiger partial charge is 0.326 e. The zero-order valence-corrected chi connectivity index (χ0v) is 9.72. The fraction of sp³-hybridized carbons (Fsp3) is 0.500. The summed E-state index contributed by atoms with van der Waals surface area (Å²) in [7, 11) is 0. The summed E-state index contributed by atoms with van der Waals surface area (Å²) in [6.45, 7) is 2.81. The molecule has 0 aliphatic heterocycles. The topological polar surface area (TPSA) is 37.8 Å². The molecule has 0 fully saturated rings. The second-order valence-electron chi connectivity index (χ2n) is 2.34. The molecule has 3 nitrogen and oxygen atoms in total. The predicted molar refractivity (Wildman–Crippen MR) is 56.2 cm³/mol. The molecule has 1 rings (SSSR count). The minimum Gasteiger partial charge on any atom is -0.300 e. The quantitative estimate of drug-likeness (QED) is 0.651. The molecule has 0 saturated carbocycles. The van der Waals surface area contributed by atoms with Crippen LogP contribution in [0, 0.1) is 0 Å². The van der Waals surface area contributed by atoms with Crippen molar-refractivity contribution in [3.05, 3.63) is 21.3 Å². The second kappa shape index (κ2) is 3.75. The van der Waals surface area contributed by atoms with Gasteiger partial charge in [-0.15, -0.1) is 0 Å². The van der Waals surface area contributed by atoms with Crippen LogP contribution >= 0.6 is 38.5 Å². The van der Waals surface area contributed by atoms with Crippen LogP contribution < -0.4 is 5.69 Å². The molecule has 1 heterocycles. The van der Waals surface area contributed by atoms with Crippen molar-refractivity contribution in [3.63, 3.8) is 0 Å². The average Bonchev–Trinajstić information content (AvgIpc) is 2.09. The fourth-order valence-electron chi connectivity index (χ4n) is 0.808. The maximum Gasteiger partial charge on any atom is 0.326 e. The lowest BCUT2D eigenvalue weighted by atomic mass is 10.5. The number of aromatic amines is 1. The number of nitrogens with zero attached hydrogens (tertiary/aromatic N) is 1. The van der Waals surface area contributed by atoms with Gasteiger partial charge in [0.25, 0.3) is 0 Å². The Morgan fingerprint density at radius 1 is 1.91 bits per heavy atom. The van der Waals surface area contributed by atoms with Crippen LogP contribution in [0.5, 0.6) is 0 Å². The van der Waals surface area contributed by atoms with E-state index in [1.807, 2.05) is 0 Å². The van der Waals surface area contributed by atoms with Crippen LogP contribution in [0.2, 0.25) is 0 Å². The molecule has 0 saturated heterocycles. The van der Waals surface area contributed by atoms with E-state index in [9.17, 15) is 4.79 Å². The van der Waals surface area contributed by atoms with Crippen LogP contribution in [-0.4, -0.2) is 13.5 Å². The molecule has 1 unspecified atom stereocenters. The zero-order chi connectivity index (χ0) is 8.43. The van der Waals surface area contributed by atoms with Gasteiger partial charge in [0.05, 0.1) is 0 Å². The van der Waals surface area contributed by atoms with E-state index >= 15 is 0 Å². The molecule has 0 aromatic carbocycles. The van der Waals surface area contributed by atoms with Gasteiger partial charge < -0.3 is 4.98 Å². The van der Waals surface area contributed by atoms with Gasteiger partial charge in [-0.1, -0.05) is 29.5 Å². The normalized spacial score (nSPS) is 13.4. The number of H-pyrrole nitrogens is 1. The first-order valence-corrected chi connectivity index (χ1v) is 5.22. The molecule has 0 aliphatic rings. The average molecular weight is 331 g/mol. The van der Waals surface area contributed by atoms with Gasteiger partial charge in [-0.05, 0) is 15.9 Å². The van der Waals surface area contributed by atoms with Crippen LogP contribution in [0.1, 0.15) is 6.92 Å². The lowest BCUT2D eigenvalue weighted by molar-refractivity contribution is 0.681. The number of imidazole rings is 1. The molecule has 0 radical (unpaired) electrons. The van der Waals surface area contributed by atoms with Crippen molar-refractivity contribution < 1.29 is 0 Å². The first kappa shape index (κ1) is 9.31. The van der Waals surface area contributed by atoms with Crippen molar-refractivity contribution in [1.82, 2.24) is 9.55 Å². The summed E-state index contributed by atoms with van der Waals surface area (Å²) in [4.78, 5) is 13.7. The highest BCUT2D eigenvalue weighted by atomic mass is 127. The van der Waals surface area contributed by atoms with Gasteiger partial charge in [0.1, 0.15) is 4.60 Å². The Kier molecular flexibility index (Phi) is 3.17. The van der Waals surface area contributed by atoms with Crippen molar-refractivity contribution >= 4 is 38.5 Å². The van der Waals surface area contributed by atoms with E-state index in [1.165, 1.54) is 0 Å². The summed E-state index contributed by atoms with van der Waals surface area (Å²) in [5.41, 5.74) is -0.0552. The van der Waals surface area contributed by atoms with Gasteiger partial charge in [-0.2, -0.15) is 0 Å². The van der Waals surface area contributed by atoms with E-state index in [4.69, 9.17) is 0 Å². The third-order valence-electron chi connectivity index (χ3n) is 1.20. The number of hydrogen-bond donors (Lipinski definition) is 1. The lowest BCUT2D eigenvalue weighted by Crippen LogP contribution is -2.19. The number of halogens is 2. The number of nitrogens with one attached hydrogen (secondary N) is 1. The molecule has 11 heavy (non-hydrogen) atoms. The summed E-state index contributed by atoms with van der Waals surface area (Å²) >= 11 is 5.48. The van der Waals surface area contributed by atoms with Gasteiger partial charge in [0.15, 0.2) is 0 Å². The lowest BCUT2D eigenvalue weighted by Gasteiger charge is -2.00. The third kappa shape index (κ3) is 2.62. The summed E-state index contributed by atoms with van der Waals surface area (Å²) in [5.74, 6) is 0. The highest BCUT2D eigenvalue weighted by Gasteiger charge is 2.02. The Hall–Kier alpha value is 0.220. The van der Waals surface area contributed by atoms with Crippen LogP contribution in [0.25, 0.3) is 0 Å². The Morgan fingerprint density at radius 3 is 2.91 bits per heavy atom. The molecule has 0 amide bonds. The minimum atomic E-state index is -0.0552. The molecule has 0 aliphatic carbocycles. The van der Waals surface area contributed by atoms with Crippen LogP contribution in [0.15, 0.2) is 15.6 Å². The summed E-state index contributed by atoms with van der Waals surface area (Å²) < 4.78 is 2.86. The number of rotatable bonds is 2. The third-order valence-corrected chi connectivity index (χ3v) is 2.00. The van der Waals surface area contributed by atoms with E-state index in [1.54, 1.807) is 10.8 Å². The van der Waals surface area contributed by atoms with Gasteiger partial charge in [0, 0.05) is 16.7 Å². The van der Waals surface area contributed by atoms with E-state index < -0.39 is 0 Å². The van der Waals surface area contributed by atoms with Crippen molar-refractivity contribution in [2.24, 2.45) is 0 Å². The van der Waals surface area contributed by atoms with E-state index in [0.717, 1.165) is 11.1 Å². The van der Waals surface area contributed by atoms with Gasteiger partial charge in [-0.3, -0.25) is 4.57 Å². The second-order valence-corrected chi connectivity index (χ2v) is 5.32. The van der Waals surface area contributed by atoms with Crippen LogP contribution in [0.3, 0.4) is 0 Å². The molecule has 62 valence electrons. The zero-order valence-electron chi connectivity index (χ0n) is 5.97. The van der Waals surface area contributed by atoms with E-state index in [2.05, 4.69) is 50.4 Å². The van der Waals surface area contributed by atoms with Crippen LogP contribution in [-0.2, 0) is 6.54 Å². The molecule has 1 aromatic rings. The van der Waals surface area contributed by atoms with Crippen molar-refractivity contribution in [3.8, 4) is 0 Å². The molecule has 1 aromatic heterocycles. The maximum atomic E-state index is 11.0. The molecular weight excluding hydrogens is 323 g/mol. The van der Waals surface area contributed by atoms with Crippen molar-refractivity contribution in [1.29, 1.82) is 0 Å². The van der Waals surface area contributed by atoms with Gasteiger partial charge in [0.2, 0.25) is 0 Å². The van der Waals surface area contributed by atoms with Crippen molar-refractivity contribution in [2.45, 2.75) is 17.4 Å². The van der Waals surface area contributed by atoms with Crippen molar-refractivity contribution in [2.75, 3.05) is 0 Å². The smallest absolute Gasteiger partial charge is 0.300 e. The van der Waals surface area contributed by atoms with E-state index in [0.29, 0.717) is 3.92 Å². The van der Waals surface area contributed by atoms with Crippen LogP contribution in [0.4, 0.5) is 0 Å². The van der Waals surface area contributed by atoms with Gasteiger partial charge in [-0.25, -0.2) is 4.79 Å². The summed E-state index contributed by atoms with van der Waals surface area (Å²) in [6, 6.07) is 0. The Bertz CT molecular complexity index is 291. The molecule has 0 bridgehead atoms. The highest BCUT2D eigenvalue weighted by Crippen LogP contribution is 2.05. The molecule has 1 N–H and O–H groups in total. The summed E-state index contributed by atoms with van der Waals surface area (Å²) in [6.07, 6.45) is 1.76. The number of hydrogen-bond acceptors (Lipinski definition) is 1. The standard InChI is InChI=1S/C6H8BrIN2O/c1-4(8)2-10-3-5(7)9-6(10)11/h3-4H,2H2,1H3,(H,9,11). The number of aromatic nitrogens is 2. The monoisotopic (exact) mass is 330 g/mol. The molecular formula is C6H8BrIN2O. The van der Waals surface area contributed by atoms with Gasteiger partial charge >= 0.3 is 5.69 Å². The molecule has 5 heteroatoms. The predicted octanol–water partition coefficient (Wildman–Crippen LogP) is 1.76. The highest BCUT2D eigenvalue weighted by molar-refractivity contribution is 14.1. The first-order chi connectivity index (χ1) is 5.09. The SMILES string of the molecule is CC(I)Cn1cc(Br)[nH]c1=O. The van der Waals surface area contributed by atoms with E-state index in [-0.39, 0.29) is 5.69 Å². The maximum absolute atomic E-state index is 11.0. The Labute approximate surface area is 86.5 Å². The Morgan fingerprint density at radius 2 is 2.55 bits per heavy atom. The number of alkyl halides is 1. The Balaban J connectivity index is 2.86. The minimum absolute atomic E-state index is 0.0552. The summed E-state index contributed by atoms with van der Waals surface area (Å²) in [5, 5.41) is 0. The molecule has 1 atom stereocenters. The molecule has 0 spiro atoms. The fourth-order valence-corrected chi connectivity index (χ4v) is 1.65. The first-order valence-electron chi connectivity index (χ1n) is 3.18.